The number of hydrogen-bond acceptors (Lipinski definition) is 4. The SMILES string of the molecule is C[C@H]1CCCC[C@@H]1NC(=O)COC(=O)CSc1cc(Cl)ccc1Cl. The van der Waals surface area contributed by atoms with Crippen LogP contribution in [-0.4, -0.2) is 30.3 Å². The molecule has 132 valence electrons. The van der Waals surface area contributed by atoms with Crippen LogP contribution in [0.15, 0.2) is 23.1 Å². The summed E-state index contributed by atoms with van der Waals surface area (Å²) >= 11 is 13.2. The maximum absolute atomic E-state index is 11.9. The van der Waals surface area contributed by atoms with E-state index in [1.54, 1.807) is 18.2 Å². The van der Waals surface area contributed by atoms with E-state index in [0.29, 0.717) is 20.9 Å². The van der Waals surface area contributed by atoms with E-state index in [4.69, 9.17) is 27.9 Å². The van der Waals surface area contributed by atoms with Gasteiger partial charge in [0, 0.05) is 16.0 Å². The Morgan fingerprint density at radius 3 is 2.79 bits per heavy atom. The molecule has 0 aromatic heterocycles. The number of ether oxygens (including phenoxy) is 1. The van der Waals surface area contributed by atoms with Crippen molar-refractivity contribution in [2.75, 3.05) is 12.4 Å². The number of benzene rings is 1. The molecule has 24 heavy (non-hydrogen) atoms. The van der Waals surface area contributed by atoms with Crippen LogP contribution < -0.4 is 5.32 Å². The lowest BCUT2D eigenvalue weighted by atomic mass is 9.86. The fraction of sp³-hybridized carbons (Fsp3) is 0.529. The van der Waals surface area contributed by atoms with Gasteiger partial charge in [0.1, 0.15) is 0 Å². The van der Waals surface area contributed by atoms with Gasteiger partial charge in [-0.1, -0.05) is 43.0 Å². The highest BCUT2D eigenvalue weighted by molar-refractivity contribution is 8.00. The maximum Gasteiger partial charge on any atom is 0.316 e. The van der Waals surface area contributed by atoms with Crippen molar-refractivity contribution < 1.29 is 14.3 Å². The molecule has 0 unspecified atom stereocenters. The molecule has 0 bridgehead atoms. The van der Waals surface area contributed by atoms with Crippen LogP contribution in [0.25, 0.3) is 0 Å². The largest absolute Gasteiger partial charge is 0.455 e. The summed E-state index contributed by atoms with van der Waals surface area (Å²) in [4.78, 5) is 24.4. The lowest BCUT2D eigenvalue weighted by molar-refractivity contribution is -0.146. The number of rotatable bonds is 6. The monoisotopic (exact) mass is 389 g/mol. The van der Waals surface area contributed by atoms with Crippen molar-refractivity contribution in [2.45, 2.75) is 43.5 Å². The van der Waals surface area contributed by atoms with E-state index in [0.717, 1.165) is 19.3 Å². The number of carbonyl (C=O) groups excluding carboxylic acids is 2. The number of amides is 1. The minimum Gasteiger partial charge on any atom is -0.455 e. The Morgan fingerprint density at radius 1 is 1.29 bits per heavy atom. The molecule has 4 nitrogen and oxygen atoms in total. The third-order valence-electron chi connectivity index (χ3n) is 4.06. The first-order valence-corrected chi connectivity index (χ1v) is 9.72. The van der Waals surface area contributed by atoms with E-state index in [-0.39, 0.29) is 24.3 Å². The van der Waals surface area contributed by atoms with E-state index >= 15 is 0 Å². The van der Waals surface area contributed by atoms with Crippen molar-refractivity contribution in [1.82, 2.24) is 5.32 Å². The second-order valence-corrected chi connectivity index (χ2v) is 7.82. The molecule has 0 radical (unpaired) electrons. The number of hydrogen-bond donors (Lipinski definition) is 1. The molecule has 1 N–H and O–H groups in total. The lowest BCUT2D eigenvalue weighted by Gasteiger charge is -2.29. The summed E-state index contributed by atoms with van der Waals surface area (Å²) in [5, 5.41) is 4.03. The molecular weight excluding hydrogens is 369 g/mol. The Morgan fingerprint density at radius 2 is 2.04 bits per heavy atom. The van der Waals surface area contributed by atoms with E-state index in [2.05, 4.69) is 12.2 Å². The van der Waals surface area contributed by atoms with E-state index in [9.17, 15) is 9.59 Å². The predicted molar refractivity (Wildman–Crippen MR) is 97.7 cm³/mol. The highest BCUT2D eigenvalue weighted by atomic mass is 35.5. The van der Waals surface area contributed by atoms with Gasteiger partial charge in [0.15, 0.2) is 6.61 Å². The number of thioether (sulfide) groups is 1. The molecule has 1 saturated carbocycles. The van der Waals surface area contributed by atoms with Crippen LogP contribution in [0.3, 0.4) is 0 Å². The van der Waals surface area contributed by atoms with Crippen molar-refractivity contribution in [1.29, 1.82) is 0 Å². The molecule has 1 fully saturated rings. The number of halogens is 2. The van der Waals surface area contributed by atoms with Gasteiger partial charge in [0.2, 0.25) is 0 Å². The van der Waals surface area contributed by atoms with E-state index in [1.807, 2.05) is 0 Å². The first kappa shape index (κ1) is 19.4. The first-order chi connectivity index (χ1) is 11.5. The van der Waals surface area contributed by atoms with Gasteiger partial charge in [-0.2, -0.15) is 0 Å². The highest BCUT2D eigenvalue weighted by Gasteiger charge is 2.23. The summed E-state index contributed by atoms with van der Waals surface area (Å²) in [5.74, 6) is -0.151. The zero-order valence-corrected chi connectivity index (χ0v) is 15.8. The molecule has 1 aromatic carbocycles. The summed E-state index contributed by atoms with van der Waals surface area (Å²) in [7, 11) is 0. The van der Waals surface area contributed by atoms with Gasteiger partial charge in [-0.15, -0.1) is 11.8 Å². The fourth-order valence-electron chi connectivity index (χ4n) is 2.69. The number of carbonyl (C=O) groups is 2. The molecule has 7 heteroatoms. The fourth-order valence-corrected chi connectivity index (χ4v) is 3.98. The van der Waals surface area contributed by atoms with Crippen molar-refractivity contribution in [3.05, 3.63) is 28.2 Å². The Kier molecular flexibility index (Phi) is 7.72. The molecule has 2 rings (SSSR count). The normalized spacial score (nSPS) is 20.5. The van der Waals surface area contributed by atoms with Crippen molar-refractivity contribution >= 4 is 46.8 Å². The standard InChI is InChI=1S/C17H21Cl2NO3S/c1-11-4-2-3-5-14(11)20-16(21)9-23-17(22)10-24-15-8-12(18)6-7-13(15)19/h6-8,11,14H,2-5,9-10H2,1H3,(H,20,21)/t11-,14-/m0/s1. The second kappa shape index (κ2) is 9.54. The molecule has 1 aromatic rings. The smallest absolute Gasteiger partial charge is 0.316 e. The molecule has 0 aliphatic heterocycles. The molecule has 2 atom stereocenters. The van der Waals surface area contributed by atoms with Gasteiger partial charge >= 0.3 is 5.97 Å². The molecule has 0 spiro atoms. The van der Waals surface area contributed by atoms with Gasteiger partial charge in [-0.25, -0.2) is 0 Å². The van der Waals surface area contributed by atoms with Crippen LogP contribution >= 0.6 is 35.0 Å². The van der Waals surface area contributed by atoms with Gasteiger partial charge < -0.3 is 10.1 Å². The third-order valence-corrected chi connectivity index (χ3v) is 5.77. The van der Waals surface area contributed by atoms with Gasteiger partial charge in [0.25, 0.3) is 5.91 Å². The Bertz CT molecular complexity index is 597. The molecule has 1 aliphatic carbocycles. The highest BCUT2D eigenvalue weighted by Crippen LogP contribution is 2.29. The lowest BCUT2D eigenvalue weighted by Crippen LogP contribution is -2.43. The number of esters is 1. The molecule has 1 aliphatic rings. The van der Waals surface area contributed by atoms with Gasteiger partial charge in [-0.05, 0) is 37.0 Å². The van der Waals surface area contributed by atoms with E-state index in [1.165, 1.54) is 18.2 Å². The summed E-state index contributed by atoms with van der Waals surface area (Å²) in [5.41, 5.74) is 0. The van der Waals surface area contributed by atoms with Gasteiger partial charge in [0.05, 0.1) is 10.8 Å². The summed E-state index contributed by atoms with van der Waals surface area (Å²) in [6.07, 6.45) is 4.46. The molecular formula is C17H21Cl2NO3S. The van der Waals surface area contributed by atoms with Crippen molar-refractivity contribution in [3.8, 4) is 0 Å². The predicted octanol–water partition coefficient (Wildman–Crippen LogP) is 4.32. The zero-order valence-electron chi connectivity index (χ0n) is 13.5. The van der Waals surface area contributed by atoms with Crippen LogP contribution in [0, 0.1) is 5.92 Å². The topological polar surface area (TPSA) is 55.4 Å². The van der Waals surface area contributed by atoms with Crippen LogP contribution in [0.2, 0.25) is 10.0 Å². The summed E-state index contributed by atoms with van der Waals surface area (Å²) in [6, 6.07) is 5.24. The minimum atomic E-state index is -0.456. The Balaban J connectivity index is 1.70. The van der Waals surface area contributed by atoms with Crippen LogP contribution in [0.5, 0.6) is 0 Å². The van der Waals surface area contributed by atoms with Crippen LogP contribution in [0.1, 0.15) is 32.6 Å². The number of nitrogens with one attached hydrogen (secondary N) is 1. The van der Waals surface area contributed by atoms with Crippen molar-refractivity contribution in [3.63, 3.8) is 0 Å². The summed E-state index contributed by atoms with van der Waals surface area (Å²) in [6.45, 7) is 1.90. The third kappa shape index (κ3) is 6.19. The van der Waals surface area contributed by atoms with Crippen LogP contribution in [-0.2, 0) is 14.3 Å². The zero-order chi connectivity index (χ0) is 17.5. The Hall–Kier alpha value is -0.910. The first-order valence-electron chi connectivity index (χ1n) is 7.98. The van der Waals surface area contributed by atoms with E-state index < -0.39 is 5.97 Å². The molecule has 1 amide bonds. The van der Waals surface area contributed by atoms with Crippen LogP contribution in [0.4, 0.5) is 0 Å². The average Bonchev–Trinajstić information content (AvgIpc) is 2.56. The van der Waals surface area contributed by atoms with Crippen molar-refractivity contribution in [2.24, 2.45) is 5.92 Å². The maximum atomic E-state index is 11.9. The quantitative estimate of drug-likeness (QED) is 0.581. The Labute approximate surface area is 156 Å². The average molecular weight is 390 g/mol. The summed E-state index contributed by atoms with van der Waals surface area (Å²) < 4.78 is 5.02. The molecule has 0 heterocycles. The molecule has 0 saturated heterocycles. The minimum absolute atomic E-state index is 0.0766. The van der Waals surface area contributed by atoms with Gasteiger partial charge in [-0.3, -0.25) is 9.59 Å². The second-order valence-electron chi connectivity index (χ2n) is 5.96.